The molecular formula is C14H15FN2O3. The molecule has 0 aliphatic carbocycles. The van der Waals surface area contributed by atoms with Crippen LogP contribution in [-0.4, -0.2) is 20.9 Å². The number of aromatic nitrogens is 2. The lowest BCUT2D eigenvalue weighted by Gasteiger charge is -2.08. The van der Waals surface area contributed by atoms with Crippen molar-refractivity contribution in [2.75, 3.05) is 0 Å². The molecule has 2 rings (SSSR count). The molecular weight excluding hydrogens is 263 g/mol. The predicted molar refractivity (Wildman–Crippen MR) is 70.4 cm³/mol. The molecule has 0 saturated carbocycles. The molecule has 1 heterocycles. The maximum atomic E-state index is 13.8. The normalized spacial score (nSPS) is 10.6. The zero-order valence-electron chi connectivity index (χ0n) is 11.5. The fourth-order valence-electron chi connectivity index (χ4n) is 1.91. The first kappa shape index (κ1) is 14.0. The third kappa shape index (κ3) is 2.64. The number of hydrogen-bond acceptors (Lipinski definition) is 3. The van der Waals surface area contributed by atoms with Gasteiger partial charge in [-0.2, -0.15) is 5.10 Å². The highest BCUT2D eigenvalue weighted by molar-refractivity contribution is 5.87. The SMILES string of the molecule is Cc1nn(C)c(C)c1OCc1ccc(C(=O)O)cc1F. The minimum atomic E-state index is -1.16. The molecule has 0 aliphatic rings. The number of aromatic carboxylic acids is 1. The highest BCUT2D eigenvalue weighted by Crippen LogP contribution is 2.23. The fraction of sp³-hybridized carbons (Fsp3) is 0.286. The van der Waals surface area contributed by atoms with Crippen molar-refractivity contribution in [2.24, 2.45) is 7.05 Å². The lowest BCUT2D eigenvalue weighted by molar-refractivity contribution is 0.0696. The van der Waals surface area contributed by atoms with E-state index in [0.29, 0.717) is 11.3 Å². The second-order valence-corrected chi connectivity index (χ2v) is 4.52. The summed E-state index contributed by atoms with van der Waals surface area (Å²) in [6.45, 7) is 3.70. The third-order valence-electron chi connectivity index (χ3n) is 3.11. The second kappa shape index (κ2) is 5.32. The van der Waals surface area contributed by atoms with Gasteiger partial charge in [0.15, 0.2) is 5.75 Å². The molecule has 0 radical (unpaired) electrons. The highest BCUT2D eigenvalue weighted by atomic mass is 19.1. The second-order valence-electron chi connectivity index (χ2n) is 4.52. The number of ether oxygens (including phenoxy) is 1. The van der Waals surface area contributed by atoms with Crippen molar-refractivity contribution >= 4 is 5.97 Å². The van der Waals surface area contributed by atoms with Crippen molar-refractivity contribution in [1.82, 2.24) is 9.78 Å². The monoisotopic (exact) mass is 278 g/mol. The Morgan fingerprint density at radius 1 is 1.45 bits per heavy atom. The van der Waals surface area contributed by atoms with Gasteiger partial charge >= 0.3 is 5.97 Å². The van der Waals surface area contributed by atoms with E-state index < -0.39 is 11.8 Å². The Morgan fingerprint density at radius 2 is 2.15 bits per heavy atom. The number of carboxylic acid groups (broad SMARTS) is 1. The lowest BCUT2D eigenvalue weighted by atomic mass is 10.1. The summed E-state index contributed by atoms with van der Waals surface area (Å²) in [5.41, 5.74) is 1.80. The van der Waals surface area contributed by atoms with E-state index in [-0.39, 0.29) is 12.2 Å². The van der Waals surface area contributed by atoms with Gasteiger partial charge in [0, 0.05) is 12.6 Å². The molecule has 0 atom stereocenters. The van der Waals surface area contributed by atoms with Crippen molar-refractivity contribution in [3.63, 3.8) is 0 Å². The number of benzene rings is 1. The minimum absolute atomic E-state index is 0.0269. The predicted octanol–water partition coefficient (Wildman–Crippen LogP) is 2.45. The molecule has 1 aromatic carbocycles. The summed E-state index contributed by atoms with van der Waals surface area (Å²) in [6.07, 6.45) is 0. The average molecular weight is 278 g/mol. The number of nitrogens with zero attached hydrogens (tertiary/aromatic N) is 2. The number of hydrogen-bond donors (Lipinski definition) is 1. The number of aryl methyl sites for hydroxylation is 2. The van der Waals surface area contributed by atoms with Gasteiger partial charge in [0.2, 0.25) is 0 Å². The van der Waals surface area contributed by atoms with E-state index in [1.54, 1.807) is 11.7 Å². The highest BCUT2D eigenvalue weighted by Gasteiger charge is 2.13. The Kier molecular flexibility index (Phi) is 3.74. The van der Waals surface area contributed by atoms with Crippen LogP contribution in [0.15, 0.2) is 18.2 Å². The molecule has 0 amide bonds. The van der Waals surface area contributed by atoms with Gasteiger partial charge in [-0.1, -0.05) is 6.07 Å². The summed E-state index contributed by atoms with van der Waals surface area (Å²) in [5, 5.41) is 13.0. The summed E-state index contributed by atoms with van der Waals surface area (Å²) in [5.74, 6) is -1.13. The summed E-state index contributed by atoms with van der Waals surface area (Å²) in [6, 6.07) is 3.76. The van der Waals surface area contributed by atoms with Crippen molar-refractivity contribution in [3.8, 4) is 5.75 Å². The van der Waals surface area contributed by atoms with E-state index in [1.807, 2.05) is 13.8 Å². The molecule has 0 aliphatic heterocycles. The zero-order chi connectivity index (χ0) is 14.9. The first-order valence-electron chi connectivity index (χ1n) is 6.05. The van der Waals surface area contributed by atoms with E-state index in [2.05, 4.69) is 5.10 Å². The quantitative estimate of drug-likeness (QED) is 0.933. The summed E-state index contributed by atoms with van der Waals surface area (Å²) >= 11 is 0. The molecule has 20 heavy (non-hydrogen) atoms. The van der Waals surface area contributed by atoms with Crippen LogP contribution in [0.3, 0.4) is 0 Å². The van der Waals surface area contributed by atoms with Gasteiger partial charge in [-0.15, -0.1) is 0 Å². The molecule has 5 nitrogen and oxygen atoms in total. The van der Waals surface area contributed by atoms with Crippen molar-refractivity contribution < 1.29 is 19.0 Å². The van der Waals surface area contributed by atoms with Crippen LogP contribution in [0.2, 0.25) is 0 Å². The molecule has 6 heteroatoms. The molecule has 1 N–H and O–H groups in total. The molecule has 0 bridgehead atoms. The van der Waals surface area contributed by atoms with Gasteiger partial charge in [-0.05, 0) is 26.0 Å². The molecule has 1 aromatic heterocycles. The molecule has 0 fully saturated rings. The summed E-state index contributed by atoms with van der Waals surface area (Å²) < 4.78 is 21.0. The van der Waals surface area contributed by atoms with Gasteiger partial charge in [0.1, 0.15) is 18.1 Å². The maximum Gasteiger partial charge on any atom is 0.335 e. The van der Waals surface area contributed by atoms with Crippen LogP contribution < -0.4 is 4.74 Å². The first-order chi connectivity index (χ1) is 9.40. The van der Waals surface area contributed by atoms with Crippen LogP contribution in [0.1, 0.15) is 27.3 Å². The van der Waals surface area contributed by atoms with Crippen LogP contribution in [-0.2, 0) is 13.7 Å². The number of halogens is 1. The standard InChI is InChI=1S/C14H15FN2O3/c1-8-13(9(2)17(3)16-8)20-7-11-5-4-10(14(18)19)6-12(11)15/h4-6H,7H2,1-3H3,(H,18,19). The molecule has 0 saturated heterocycles. The van der Waals surface area contributed by atoms with E-state index in [0.717, 1.165) is 17.5 Å². The first-order valence-corrected chi connectivity index (χ1v) is 6.05. The Balaban J connectivity index is 2.17. The minimum Gasteiger partial charge on any atom is -0.485 e. The molecule has 106 valence electrons. The Morgan fingerprint density at radius 3 is 2.65 bits per heavy atom. The Bertz CT molecular complexity index is 665. The molecule has 2 aromatic rings. The van der Waals surface area contributed by atoms with Crippen LogP contribution in [0.25, 0.3) is 0 Å². The van der Waals surface area contributed by atoms with Crippen LogP contribution >= 0.6 is 0 Å². The van der Waals surface area contributed by atoms with Gasteiger partial charge in [-0.25, -0.2) is 9.18 Å². The van der Waals surface area contributed by atoms with E-state index in [4.69, 9.17) is 9.84 Å². The Labute approximate surface area is 115 Å². The van der Waals surface area contributed by atoms with E-state index in [1.165, 1.54) is 12.1 Å². The van der Waals surface area contributed by atoms with Gasteiger partial charge in [-0.3, -0.25) is 4.68 Å². The zero-order valence-corrected chi connectivity index (χ0v) is 11.5. The topological polar surface area (TPSA) is 64.4 Å². The number of rotatable bonds is 4. The third-order valence-corrected chi connectivity index (χ3v) is 3.11. The van der Waals surface area contributed by atoms with Crippen molar-refractivity contribution in [3.05, 3.63) is 46.5 Å². The number of carboxylic acids is 1. The summed E-state index contributed by atoms with van der Waals surface area (Å²) in [7, 11) is 1.80. The van der Waals surface area contributed by atoms with Crippen LogP contribution in [0.5, 0.6) is 5.75 Å². The smallest absolute Gasteiger partial charge is 0.335 e. The van der Waals surface area contributed by atoms with Gasteiger partial charge in [0.25, 0.3) is 0 Å². The molecule has 0 unspecified atom stereocenters. The summed E-state index contributed by atoms with van der Waals surface area (Å²) in [4.78, 5) is 10.7. The Hall–Kier alpha value is -2.37. The van der Waals surface area contributed by atoms with Crippen molar-refractivity contribution in [1.29, 1.82) is 0 Å². The number of carbonyl (C=O) groups is 1. The van der Waals surface area contributed by atoms with E-state index >= 15 is 0 Å². The average Bonchev–Trinajstić information content (AvgIpc) is 2.62. The van der Waals surface area contributed by atoms with Crippen LogP contribution in [0, 0.1) is 19.7 Å². The van der Waals surface area contributed by atoms with Gasteiger partial charge in [0.05, 0.1) is 11.3 Å². The van der Waals surface area contributed by atoms with E-state index in [9.17, 15) is 9.18 Å². The molecule has 0 spiro atoms. The largest absolute Gasteiger partial charge is 0.485 e. The fourth-order valence-corrected chi connectivity index (χ4v) is 1.91. The van der Waals surface area contributed by atoms with Gasteiger partial charge < -0.3 is 9.84 Å². The lowest BCUT2D eigenvalue weighted by Crippen LogP contribution is -2.03. The van der Waals surface area contributed by atoms with Crippen molar-refractivity contribution in [2.45, 2.75) is 20.5 Å². The maximum absolute atomic E-state index is 13.8. The van der Waals surface area contributed by atoms with Crippen LogP contribution in [0.4, 0.5) is 4.39 Å².